The van der Waals surface area contributed by atoms with Crippen molar-refractivity contribution in [1.82, 2.24) is 4.90 Å². The molecule has 1 heterocycles. The highest BCUT2D eigenvalue weighted by atomic mass is 16.5. The molecule has 16 heavy (non-hydrogen) atoms. The van der Waals surface area contributed by atoms with Crippen molar-refractivity contribution in [2.24, 2.45) is 16.6 Å². The maximum atomic E-state index is 5.98. The molecule has 1 aliphatic heterocycles. The van der Waals surface area contributed by atoms with Gasteiger partial charge in [0.15, 0.2) is 5.96 Å². The number of nitrogens with zero attached hydrogens (tertiary/aromatic N) is 2. The van der Waals surface area contributed by atoms with Gasteiger partial charge in [-0.1, -0.05) is 13.3 Å². The summed E-state index contributed by atoms with van der Waals surface area (Å²) in [7, 11) is 1.74. The molecule has 4 heteroatoms. The quantitative estimate of drug-likeness (QED) is 0.782. The van der Waals surface area contributed by atoms with Crippen LogP contribution in [-0.4, -0.2) is 43.2 Å². The molecule has 2 atom stereocenters. The van der Waals surface area contributed by atoms with Gasteiger partial charge in [0.1, 0.15) is 0 Å². The van der Waals surface area contributed by atoms with Crippen molar-refractivity contribution in [1.29, 1.82) is 0 Å². The highest BCUT2D eigenvalue weighted by Crippen LogP contribution is 2.42. The van der Waals surface area contributed by atoms with Crippen LogP contribution in [0.25, 0.3) is 0 Å². The largest absolute Gasteiger partial charge is 0.383 e. The van der Waals surface area contributed by atoms with Gasteiger partial charge in [0.25, 0.3) is 0 Å². The molecule has 0 saturated heterocycles. The highest BCUT2D eigenvalue weighted by molar-refractivity contribution is 5.81. The molecule has 2 N–H and O–H groups in total. The summed E-state index contributed by atoms with van der Waals surface area (Å²) in [5, 5.41) is 0. The smallest absolute Gasteiger partial charge is 0.191 e. The van der Waals surface area contributed by atoms with Crippen LogP contribution >= 0.6 is 0 Å². The zero-order valence-corrected chi connectivity index (χ0v) is 10.4. The first-order chi connectivity index (χ1) is 7.72. The van der Waals surface area contributed by atoms with Crippen LogP contribution in [-0.2, 0) is 4.74 Å². The molecular weight excluding hydrogens is 202 g/mol. The number of hydrogen-bond donors (Lipinski definition) is 1. The fourth-order valence-electron chi connectivity index (χ4n) is 3.13. The molecule has 4 nitrogen and oxygen atoms in total. The number of guanidine groups is 1. The lowest BCUT2D eigenvalue weighted by atomic mass is 9.94. The van der Waals surface area contributed by atoms with Gasteiger partial charge in [-0.2, -0.15) is 0 Å². The van der Waals surface area contributed by atoms with Crippen LogP contribution in [0.3, 0.4) is 0 Å². The van der Waals surface area contributed by atoms with Crippen molar-refractivity contribution in [3.05, 3.63) is 0 Å². The van der Waals surface area contributed by atoms with E-state index in [1.807, 2.05) is 0 Å². The molecule has 0 bridgehead atoms. The van der Waals surface area contributed by atoms with Crippen LogP contribution < -0.4 is 5.73 Å². The summed E-state index contributed by atoms with van der Waals surface area (Å²) in [4.78, 5) is 6.72. The molecule has 0 radical (unpaired) electrons. The molecule has 1 fully saturated rings. The monoisotopic (exact) mass is 225 g/mol. The number of nitrogens with two attached hydrogens (primary N) is 1. The topological polar surface area (TPSA) is 50.8 Å². The molecule has 0 amide bonds. The number of ether oxygens (including phenoxy) is 1. The second-order valence-electron chi connectivity index (χ2n) is 5.06. The van der Waals surface area contributed by atoms with E-state index in [4.69, 9.17) is 10.5 Å². The summed E-state index contributed by atoms with van der Waals surface area (Å²) in [6, 6.07) is 0. The predicted octanol–water partition coefficient (Wildman–Crippen LogP) is 1.21. The fourth-order valence-corrected chi connectivity index (χ4v) is 3.13. The lowest BCUT2D eigenvalue weighted by molar-refractivity contribution is 0.129. The van der Waals surface area contributed by atoms with Crippen LogP contribution in [0.2, 0.25) is 0 Å². The molecule has 2 aliphatic rings. The van der Waals surface area contributed by atoms with E-state index in [9.17, 15) is 0 Å². The Hall–Kier alpha value is -0.770. The Morgan fingerprint density at radius 3 is 3.06 bits per heavy atom. The first-order valence-corrected chi connectivity index (χ1v) is 6.28. The van der Waals surface area contributed by atoms with Gasteiger partial charge in [0.05, 0.1) is 18.7 Å². The Labute approximate surface area is 97.9 Å². The maximum Gasteiger partial charge on any atom is 0.191 e. The third-order valence-corrected chi connectivity index (χ3v) is 4.17. The zero-order chi connectivity index (χ0) is 11.6. The lowest BCUT2D eigenvalue weighted by Crippen LogP contribution is -2.51. The molecule has 1 spiro atoms. The first-order valence-electron chi connectivity index (χ1n) is 6.28. The first kappa shape index (κ1) is 11.7. The number of hydrogen-bond acceptors (Lipinski definition) is 4. The molecular formula is C12H23N3O. The molecule has 92 valence electrons. The van der Waals surface area contributed by atoms with E-state index in [2.05, 4.69) is 16.8 Å². The third kappa shape index (κ3) is 1.90. The Balaban J connectivity index is 2.04. The van der Waals surface area contributed by atoms with Crippen molar-refractivity contribution in [2.75, 3.05) is 26.8 Å². The Kier molecular flexibility index (Phi) is 3.38. The van der Waals surface area contributed by atoms with Crippen LogP contribution in [0.1, 0.15) is 32.6 Å². The number of rotatable bonds is 4. The van der Waals surface area contributed by atoms with E-state index in [1.54, 1.807) is 7.11 Å². The second-order valence-corrected chi connectivity index (χ2v) is 5.06. The normalized spacial score (nSPS) is 33.8. The van der Waals surface area contributed by atoms with Gasteiger partial charge in [-0.3, -0.25) is 4.99 Å². The molecule has 0 aromatic carbocycles. The van der Waals surface area contributed by atoms with Crippen molar-refractivity contribution in [3.63, 3.8) is 0 Å². The van der Waals surface area contributed by atoms with Crippen molar-refractivity contribution >= 4 is 5.96 Å². The maximum absolute atomic E-state index is 5.98. The van der Waals surface area contributed by atoms with Gasteiger partial charge in [0.2, 0.25) is 0 Å². The van der Waals surface area contributed by atoms with E-state index in [0.29, 0.717) is 5.96 Å². The summed E-state index contributed by atoms with van der Waals surface area (Å²) in [6.45, 7) is 4.78. The van der Waals surface area contributed by atoms with E-state index < -0.39 is 0 Å². The van der Waals surface area contributed by atoms with E-state index in [1.165, 1.54) is 25.7 Å². The zero-order valence-electron chi connectivity index (χ0n) is 10.4. The summed E-state index contributed by atoms with van der Waals surface area (Å²) in [6.07, 6.45) is 5.08. The molecule has 0 aromatic rings. The molecule has 1 saturated carbocycles. The average molecular weight is 225 g/mol. The lowest BCUT2D eigenvalue weighted by Gasteiger charge is -2.36. The van der Waals surface area contributed by atoms with Gasteiger partial charge in [0, 0.05) is 13.7 Å². The highest BCUT2D eigenvalue weighted by Gasteiger charge is 2.46. The SMILES string of the molecule is CCC1CCC2(CN=C(N)N2CCOC)C1. The Bertz CT molecular complexity index is 279. The van der Waals surface area contributed by atoms with Crippen molar-refractivity contribution in [3.8, 4) is 0 Å². The number of methoxy groups -OCH3 is 1. The summed E-state index contributed by atoms with van der Waals surface area (Å²) >= 11 is 0. The third-order valence-electron chi connectivity index (χ3n) is 4.17. The van der Waals surface area contributed by atoms with E-state index in [0.717, 1.165) is 25.6 Å². The van der Waals surface area contributed by atoms with Crippen LogP contribution in [0.4, 0.5) is 0 Å². The second kappa shape index (κ2) is 4.62. The average Bonchev–Trinajstić information content (AvgIpc) is 2.84. The van der Waals surface area contributed by atoms with Gasteiger partial charge in [-0.05, 0) is 25.2 Å². The Morgan fingerprint density at radius 1 is 1.62 bits per heavy atom. The summed E-state index contributed by atoms with van der Waals surface area (Å²) < 4.78 is 5.16. The summed E-state index contributed by atoms with van der Waals surface area (Å²) in [5.41, 5.74) is 6.21. The predicted molar refractivity (Wildman–Crippen MR) is 65.4 cm³/mol. The minimum Gasteiger partial charge on any atom is -0.383 e. The van der Waals surface area contributed by atoms with Crippen molar-refractivity contribution < 1.29 is 4.74 Å². The van der Waals surface area contributed by atoms with Gasteiger partial charge < -0.3 is 15.4 Å². The van der Waals surface area contributed by atoms with Crippen molar-refractivity contribution in [2.45, 2.75) is 38.1 Å². The molecule has 1 aliphatic carbocycles. The standard InChI is InChI=1S/C12H23N3O/c1-3-10-4-5-12(8-10)9-14-11(13)15(12)6-7-16-2/h10H,3-9H2,1-2H3,(H2,13,14). The summed E-state index contributed by atoms with van der Waals surface area (Å²) in [5.74, 6) is 1.57. The molecule has 0 aromatic heterocycles. The molecule has 2 unspecified atom stereocenters. The van der Waals surface area contributed by atoms with E-state index in [-0.39, 0.29) is 5.54 Å². The van der Waals surface area contributed by atoms with Crippen LogP contribution in [0, 0.1) is 5.92 Å². The molecule has 2 rings (SSSR count). The van der Waals surface area contributed by atoms with Crippen LogP contribution in [0.5, 0.6) is 0 Å². The number of aliphatic imine (C=N–C) groups is 1. The van der Waals surface area contributed by atoms with Gasteiger partial charge in [-0.15, -0.1) is 0 Å². The van der Waals surface area contributed by atoms with Gasteiger partial charge in [-0.25, -0.2) is 0 Å². The minimum absolute atomic E-state index is 0.225. The Morgan fingerprint density at radius 2 is 2.44 bits per heavy atom. The van der Waals surface area contributed by atoms with E-state index >= 15 is 0 Å². The minimum atomic E-state index is 0.225. The van der Waals surface area contributed by atoms with Gasteiger partial charge >= 0.3 is 0 Å². The van der Waals surface area contributed by atoms with Crippen LogP contribution in [0.15, 0.2) is 4.99 Å². The fraction of sp³-hybridized carbons (Fsp3) is 0.917.